The van der Waals surface area contributed by atoms with Gasteiger partial charge in [-0.2, -0.15) is 0 Å². The van der Waals surface area contributed by atoms with Crippen molar-refractivity contribution in [1.82, 2.24) is 4.98 Å². The van der Waals surface area contributed by atoms with Crippen LogP contribution in [-0.4, -0.2) is 15.9 Å². The first-order valence-electron chi connectivity index (χ1n) is 15.1. The molecule has 0 aliphatic heterocycles. The first kappa shape index (κ1) is 33.5. The fourth-order valence-electron chi connectivity index (χ4n) is 5.59. The van der Waals surface area contributed by atoms with Crippen LogP contribution in [0.3, 0.4) is 0 Å². The molecule has 0 amide bonds. The summed E-state index contributed by atoms with van der Waals surface area (Å²) in [5.74, 6) is 1.57. The van der Waals surface area contributed by atoms with Gasteiger partial charge in [-0.15, -0.1) is 23.6 Å². The van der Waals surface area contributed by atoms with Crippen molar-refractivity contribution in [3.05, 3.63) is 78.4 Å². The summed E-state index contributed by atoms with van der Waals surface area (Å²) in [4.78, 5) is 16.4. The molecule has 0 atom stereocenters. The van der Waals surface area contributed by atoms with Gasteiger partial charge in [-0.3, -0.25) is 9.78 Å². The maximum Gasteiger partial charge on any atom is 0.162 e. The molecule has 0 aliphatic carbocycles. The number of nitrogens with zero attached hydrogens (tertiary/aromatic N) is 1. The average molecular weight is 743 g/mol. The van der Waals surface area contributed by atoms with Crippen molar-refractivity contribution < 1.29 is 34.4 Å². The van der Waals surface area contributed by atoms with Gasteiger partial charge in [0.2, 0.25) is 0 Å². The molecule has 42 heavy (non-hydrogen) atoms. The van der Waals surface area contributed by atoms with E-state index < -0.39 is 0 Å². The van der Waals surface area contributed by atoms with E-state index in [-0.39, 0.29) is 48.9 Å². The Hall–Kier alpha value is -3.01. The number of hydrogen-bond acceptors (Lipinski definition) is 4. The molecular weight excluding hydrogens is 699 g/mol. The first-order chi connectivity index (χ1) is 19.6. The maximum absolute atomic E-state index is 11.7. The third kappa shape index (κ3) is 7.49. The van der Waals surface area contributed by atoms with Crippen LogP contribution in [0.4, 0.5) is 0 Å². The summed E-state index contributed by atoms with van der Waals surface area (Å²) in [5, 5.41) is 16.4. The smallest absolute Gasteiger partial charge is 0.162 e. The molecule has 5 heteroatoms. The van der Waals surface area contributed by atoms with Crippen LogP contribution >= 0.6 is 0 Å². The van der Waals surface area contributed by atoms with Crippen molar-refractivity contribution in [2.75, 3.05) is 0 Å². The maximum atomic E-state index is 11.7. The number of fused-ring (bicyclic) bond motifs is 7. The molecular formula is C37H44IrNO3-. The van der Waals surface area contributed by atoms with Gasteiger partial charge < -0.3 is 9.52 Å². The van der Waals surface area contributed by atoms with E-state index in [1.165, 1.54) is 11.5 Å². The Balaban J connectivity index is 0.000000263. The summed E-state index contributed by atoms with van der Waals surface area (Å²) in [5.41, 5.74) is 2.11. The van der Waals surface area contributed by atoms with Crippen molar-refractivity contribution >= 4 is 49.2 Å². The second-order valence-corrected chi connectivity index (χ2v) is 12.2. The molecule has 4 nitrogen and oxygen atoms in total. The Bertz CT molecular complexity index is 1680. The summed E-state index contributed by atoms with van der Waals surface area (Å²) >= 11 is 0. The molecule has 5 aromatic rings. The van der Waals surface area contributed by atoms with Crippen LogP contribution in [0, 0.1) is 23.3 Å². The zero-order chi connectivity index (χ0) is 29.7. The van der Waals surface area contributed by atoms with Gasteiger partial charge in [0.1, 0.15) is 11.3 Å². The van der Waals surface area contributed by atoms with Gasteiger partial charge in [-0.1, -0.05) is 83.5 Å². The summed E-state index contributed by atoms with van der Waals surface area (Å²) in [6.45, 7) is 14.8. The van der Waals surface area contributed by atoms with Gasteiger partial charge in [-0.25, -0.2) is 0 Å². The number of aliphatic hydroxyl groups excluding tert-OH is 1. The minimum absolute atomic E-state index is 0. The van der Waals surface area contributed by atoms with Gasteiger partial charge >= 0.3 is 0 Å². The van der Waals surface area contributed by atoms with E-state index in [9.17, 15) is 9.90 Å². The van der Waals surface area contributed by atoms with E-state index in [2.05, 4.69) is 68.2 Å². The number of allylic oxidation sites excluding steroid dienone is 2. The van der Waals surface area contributed by atoms with E-state index in [1.54, 1.807) is 0 Å². The number of carbonyl (C=O) groups is 1. The fraction of sp³-hybridized carbons (Fsp3) is 0.405. The van der Waals surface area contributed by atoms with Crippen LogP contribution in [0.2, 0.25) is 0 Å². The number of benzene rings is 3. The Kier molecular flexibility index (Phi) is 11.5. The topological polar surface area (TPSA) is 63.3 Å². The second-order valence-electron chi connectivity index (χ2n) is 12.2. The van der Waals surface area contributed by atoms with Crippen molar-refractivity contribution in [2.24, 2.45) is 17.3 Å². The Labute approximate surface area is 263 Å². The van der Waals surface area contributed by atoms with Crippen LogP contribution in [0.1, 0.15) is 79.9 Å². The number of ketones is 1. The summed E-state index contributed by atoms with van der Waals surface area (Å²) < 4.78 is 6.37. The van der Waals surface area contributed by atoms with Gasteiger partial charge in [0, 0.05) is 61.5 Å². The summed E-state index contributed by atoms with van der Waals surface area (Å²) in [6, 6.07) is 20.4. The molecule has 1 N–H and O–H groups in total. The van der Waals surface area contributed by atoms with Crippen molar-refractivity contribution in [3.8, 4) is 0 Å². The van der Waals surface area contributed by atoms with Crippen molar-refractivity contribution in [3.63, 3.8) is 0 Å². The number of furan rings is 1. The third-order valence-electron chi connectivity index (χ3n) is 7.94. The van der Waals surface area contributed by atoms with Crippen LogP contribution in [0.15, 0.2) is 71.0 Å². The number of rotatable bonds is 8. The molecule has 0 spiro atoms. The van der Waals surface area contributed by atoms with E-state index in [4.69, 9.17) is 4.42 Å². The van der Waals surface area contributed by atoms with E-state index in [0.717, 1.165) is 75.9 Å². The van der Waals surface area contributed by atoms with Gasteiger partial charge in [0.25, 0.3) is 0 Å². The van der Waals surface area contributed by atoms with Gasteiger partial charge in [-0.05, 0) is 54.0 Å². The van der Waals surface area contributed by atoms with Crippen LogP contribution in [-0.2, 0) is 31.3 Å². The number of aliphatic hydroxyl groups is 1. The third-order valence-corrected chi connectivity index (χ3v) is 7.94. The minimum Gasteiger partial charge on any atom is -0.512 e. The molecule has 0 fully saturated rings. The van der Waals surface area contributed by atoms with Crippen LogP contribution in [0.5, 0.6) is 0 Å². The number of carbonyl (C=O) groups excluding carboxylic acids is 1. The molecule has 0 bridgehead atoms. The monoisotopic (exact) mass is 743 g/mol. The molecule has 1 radical (unpaired) electrons. The summed E-state index contributed by atoms with van der Waals surface area (Å²) in [6.07, 6.45) is 7.67. The SMILES string of the molecule is CC(C)(C)Cc1cc2c3cccnc3c3[c-]c4ccccc4cc3c2o1.CCC(CC)C(=O)/C=C(\O)C(CC)CC.[Ir]. The molecule has 0 aliphatic rings. The van der Waals surface area contributed by atoms with Crippen molar-refractivity contribution in [2.45, 2.75) is 80.6 Å². The summed E-state index contributed by atoms with van der Waals surface area (Å²) in [7, 11) is 0. The average Bonchev–Trinajstić information content (AvgIpc) is 3.36. The molecule has 2 heterocycles. The predicted molar refractivity (Wildman–Crippen MR) is 172 cm³/mol. The number of pyridine rings is 1. The predicted octanol–water partition coefficient (Wildman–Crippen LogP) is 10.5. The van der Waals surface area contributed by atoms with E-state index in [1.807, 2.05) is 46.0 Å². The Morgan fingerprint density at radius 2 is 1.60 bits per heavy atom. The van der Waals surface area contributed by atoms with Crippen LogP contribution < -0.4 is 0 Å². The second kappa shape index (κ2) is 14.4. The first-order valence-corrected chi connectivity index (χ1v) is 15.1. The molecule has 3 aromatic carbocycles. The molecule has 0 saturated carbocycles. The molecule has 0 saturated heterocycles. The molecule has 225 valence electrons. The quantitative estimate of drug-likeness (QED) is 0.0565. The Morgan fingerprint density at radius 1 is 0.929 bits per heavy atom. The normalized spacial score (nSPS) is 12.3. The molecule has 0 unspecified atom stereocenters. The van der Waals surface area contributed by atoms with Gasteiger partial charge in [0.15, 0.2) is 5.78 Å². The largest absolute Gasteiger partial charge is 0.512 e. The van der Waals surface area contributed by atoms with Crippen molar-refractivity contribution in [1.29, 1.82) is 0 Å². The number of hydrogen-bond donors (Lipinski definition) is 1. The van der Waals surface area contributed by atoms with E-state index in [0.29, 0.717) is 0 Å². The molecule has 5 rings (SSSR count). The Morgan fingerprint density at radius 3 is 2.24 bits per heavy atom. The fourth-order valence-corrected chi connectivity index (χ4v) is 5.59. The molecule has 2 aromatic heterocycles. The van der Waals surface area contributed by atoms with Gasteiger partial charge in [0.05, 0.1) is 5.76 Å². The van der Waals surface area contributed by atoms with E-state index >= 15 is 0 Å². The number of aromatic nitrogens is 1. The zero-order valence-corrected chi connectivity index (χ0v) is 28.4. The van der Waals surface area contributed by atoms with Crippen LogP contribution in [0.25, 0.3) is 43.4 Å². The standard InChI is InChI=1S/C24H20NO.C13H24O2.Ir/c1-24(2,3)14-17-13-21-18-9-6-10-25-22(18)19-11-15-7-4-5-8-16(15)12-20(19)23(21)26-17;1-5-10(6-2)12(14)9-13(15)11(7-3)8-4;/h4-10,12-13H,14H2,1-3H3;9-11,14H,5-8H2,1-4H3;/q-1;;/b;12-9-;. The zero-order valence-electron chi connectivity index (χ0n) is 26.0. The minimum atomic E-state index is 0.